The fourth-order valence-electron chi connectivity index (χ4n) is 2.87. The molecule has 0 radical (unpaired) electrons. The van der Waals surface area contributed by atoms with Gasteiger partial charge in [-0.3, -0.25) is 4.79 Å². The van der Waals surface area contributed by atoms with E-state index < -0.39 is 17.5 Å². The molecule has 1 N–H and O–H groups in total. The molecule has 1 amide bonds. The molecule has 0 bridgehead atoms. The van der Waals surface area contributed by atoms with Gasteiger partial charge in [-0.15, -0.1) is 0 Å². The molecule has 7 heteroatoms. The zero-order valence-electron chi connectivity index (χ0n) is 15.0. The number of ether oxygens (including phenoxy) is 3. The lowest BCUT2D eigenvalue weighted by Gasteiger charge is -2.15. The van der Waals surface area contributed by atoms with Crippen molar-refractivity contribution in [3.05, 3.63) is 59.2 Å². The van der Waals surface area contributed by atoms with Crippen LogP contribution in [0.25, 0.3) is 0 Å². The zero-order chi connectivity index (χ0) is 19.2. The summed E-state index contributed by atoms with van der Waals surface area (Å²) in [5, 5.41) is 2.63. The van der Waals surface area contributed by atoms with Crippen LogP contribution in [0.4, 0.5) is 8.78 Å². The van der Waals surface area contributed by atoms with Crippen LogP contribution < -0.4 is 14.8 Å². The van der Waals surface area contributed by atoms with Crippen molar-refractivity contribution in [2.75, 3.05) is 20.3 Å². The second kappa shape index (κ2) is 8.81. The van der Waals surface area contributed by atoms with E-state index in [4.69, 9.17) is 14.2 Å². The van der Waals surface area contributed by atoms with Gasteiger partial charge >= 0.3 is 0 Å². The smallest absolute Gasteiger partial charge is 0.251 e. The van der Waals surface area contributed by atoms with Crippen LogP contribution in [0.1, 0.15) is 28.8 Å². The third kappa shape index (κ3) is 5.17. The van der Waals surface area contributed by atoms with E-state index in [1.165, 1.54) is 7.11 Å². The molecule has 0 unspecified atom stereocenters. The second-order valence-electron chi connectivity index (χ2n) is 6.27. The number of rotatable bonds is 7. The minimum absolute atomic E-state index is 0.0732. The van der Waals surface area contributed by atoms with Crippen molar-refractivity contribution >= 4 is 5.91 Å². The molecule has 2 aromatic rings. The summed E-state index contributed by atoms with van der Waals surface area (Å²) < 4.78 is 43.1. The number of halogens is 2. The minimum Gasteiger partial charge on any atom is -0.493 e. The summed E-state index contributed by atoms with van der Waals surface area (Å²) in [4.78, 5) is 12.1. The molecule has 0 saturated carbocycles. The highest BCUT2D eigenvalue weighted by atomic mass is 19.1. The van der Waals surface area contributed by atoms with Crippen molar-refractivity contribution < 1.29 is 27.8 Å². The second-order valence-corrected chi connectivity index (χ2v) is 6.27. The van der Waals surface area contributed by atoms with E-state index in [0.717, 1.165) is 43.2 Å². The van der Waals surface area contributed by atoms with Gasteiger partial charge in [0.2, 0.25) is 0 Å². The monoisotopic (exact) mass is 377 g/mol. The Bertz CT molecular complexity index is 786. The highest BCUT2D eigenvalue weighted by Crippen LogP contribution is 2.29. The SMILES string of the molecule is COc1cc(CNC(=O)c2cc(F)cc(F)c2)ccc1OC[C@H]1CCCO1. The van der Waals surface area contributed by atoms with E-state index in [1.807, 2.05) is 0 Å². The standard InChI is InChI=1S/C20H21F2NO4/c1-25-19-7-13(4-5-18(19)27-12-17-3-2-6-26-17)11-23-20(24)14-8-15(21)10-16(22)9-14/h4-5,7-10,17H,2-3,6,11-12H2,1H3,(H,23,24)/t17-/m1/s1. The molecule has 5 nitrogen and oxygen atoms in total. The number of methoxy groups -OCH3 is 1. The van der Waals surface area contributed by atoms with Gasteiger partial charge < -0.3 is 19.5 Å². The number of hydrogen-bond acceptors (Lipinski definition) is 4. The van der Waals surface area contributed by atoms with Gasteiger partial charge in [0.05, 0.1) is 13.2 Å². The van der Waals surface area contributed by atoms with Crippen LogP contribution in [0.15, 0.2) is 36.4 Å². The Labute approximate surface area is 156 Å². The van der Waals surface area contributed by atoms with Gasteiger partial charge in [-0.05, 0) is 42.7 Å². The average Bonchev–Trinajstić information content (AvgIpc) is 3.17. The largest absolute Gasteiger partial charge is 0.493 e. The summed E-state index contributed by atoms with van der Waals surface area (Å²) in [6, 6.07) is 7.99. The maximum Gasteiger partial charge on any atom is 0.251 e. The quantitative estimate of drug-likeness (QED) is 0.803. The van der Waals surface area contributed by atoms with Crippen LogP contribution in [0.5, 0.6) is 11.5 Å². The molecule has 1 aliphatic rings. The van der Waals surface area contributed by atoms with Crippen molar-refractivity contribution in [1.29, 1.82) is 0 Å². The lowest BCUT2D eigenvalue weighted by Crippen LogP contribution is -2.23. The molecule has 1 atom stereocenters. The minimum atomic E-state index is -0.797. The van der Waals surface area contributed by atoms with Crippen molar-refractivity contribution in [3.8, 4) is 11.5 Å². The topological polar surface area (TPSA) is 56.8 Å². The highest BCUT2D eigenvalue weighted by molar-refractivity contribution is 5.94. The normalized spacial score (nSPS) is 16.2. The number of carbonyl (C=O) groups is 1. The first-order chi connectivity index (χ1) is 13.0. The van der Waals surface area contributed by atoms with Gasteiger partial charge in [0.15, 0.2) is 11.5 Å². The Morgan fingerprint density at radius 2 is 1.96 bits per heavy atom. The third-order valence-electron chi connectivity index (χ3n) is 4.25. The van der Waals surface area contributed by atoms with E-state index in [0.29, 0.717) is 18.1 Å². The first kappa shape index (κ1) is 19.1. The van der Waals surface area contributed by atoms with Crippen molar-refractivity contribution in [3.63, 3.8) is 0 Å². The first-order valence-electron chi connectivity index (χ1n) is 8.71. The molecule has 144 valence electrons. The van der Waals surface area contributed by atoms with E-state index in [9.17, 15) is 13.6 Å². The molecule has 3 rings (SSSR count). The third-order valence-corrected chi connectivity index (χ3v) is 4.25. The Hall–Kier alpha value is -2.67. The Morgan fingerprint density at radius 3 is 2.63 bits per heavy atom. The fourth-order valence-corrected chi connectivity index (χ4v) is 2.87. The maximum absolute atomic E-state index is 13.2. The number of nitrogens with one attached hydrogen (secondary N) is 1. The summed E-state index contributed by atoms with van der Waals surface area (Å²) in [6.45, 7) is 1.40. The molecule has 1 aliphatic heterocycles. The molecule has 2 aromatic carbocycles. The molecule has 0 aliphatic carbocycles. The molecule has 1 saturated heterocycles. The van der Waals surface area contributed by atoms with Gasteiger partial charge in [0, 0.05) is 24.8 Å². The van der Waals surface area contributed by atoms with Crippen LogP contribution in [-0.2, 0) is 11.3 Å². The summed E-state index contributed by atoms with van der Waals surface area (Å²) in [5.41, 5.74) is 0.692. The Kier molecular flexibility index (Phi) is 6.24. The zero-order valence-corrected chi connectivity index (χ0v) is 15.0. The molecular formula is C20H21F2NO4. The van der Waals surface area contributed by atoms with Crippen molar-refractivity contribution in [2.45, 2.75) is 25.5 Å². The van der Waals surface area contributed by atoms with Crippen LogP contribution in [0.2, 0.25) is 0 Å². The van der Waals surface area contributed by atoms with E-state index in [-0.39, 0.29) is 18.2 Å². The van der Waals surface area contributed by atoms with Gasteiger partial charge in [0.1, 0.15) is 18.2 Å². The number of benzene rings is 2. The number of amides is 1. The predicted octanol–water partition coefficient (Wildman–Crippen LogP) is 3.46. The van der Waals surface area contributed by atoms with Gasteiger partial charge in [-0.2, -0.15) is 0 Å². The first-order valence-corrected chi connectivity index (χ1v) is 8.71. The van der Waals surface area contributed by atoms with Gasteiger partial charge in [-0.1, -0.05) is 6.07 Å². The average molecular weight is 377 g/mol. The van der Waals surface area contributed by atoms with E-state index in [1.54, 1.807) is 18.2 Å². The maximum atomic E-state index is 13.2. The molecule has 0 aromatic heterocycles. The number of carbonyl (C=O) groups excluding carboxylic acids is 1. The summed E-state index contributed by atoms with van der Waals surface area (Å²) >= 11 is 0. The Balaban J connectivity index is 1.60. The number of hydrogen-bond donors (Lipinski definition) is 1. The summed E-state index contributed by atoms with van der Waals surface area (Å²) in [6.07, 6.45) is 2.12. The fraction of sp³-hybridized carbons (Fsp3) is 0.350. The van der Waals surface area contributed by atoms with Gasteiger partial charge in [0.25, 0.3) is 5.91 Å². The van der Waals surface area contributed by atoms with E-state index in [2.05, 4.69) is 5.32 Å². The summed E-state index contributed by atoms with van der Waals surface area (Å²) in [5.74, 6) is -1.03. The molecule has 0 spiro atoms. The summed E-state index contributed by atoms with van der Waals surface area (Å²) in [7, 11) is 1.53. The van der Waals surface area contributed by atoms with Crippen molar-refractivity contribution in [2.24, 2.45) is 0 Å². The molecule has 27 heavy (non-hydrogen) atoms. The van der Waals surface area contributed by atoms with E-state index >= 15 is 0 Å². The Morgan fingerprint density at radius 1 is 1.19 bits per heavy atom. The van der Waals surface area contributed by atoms with Crippen LogP contribution in [-0.4, -0.2) is 32.3 Å². The predicted molar refractivity (Wildman–Crippen MR) is 95.0 cm³/mol. The lowest BCUT2D eigenvalue weighted by molar-refractivity contribution is 0.0669. The molecule has 1 heterocycles. The highest BCUT2D eigenvalue weighted by Gasteiger charge is 2.17. The van der Waals surface area contributed by atoms with Gasteiger partial charge in [-0.25, -0.2) is 8.78 Å². The van der Waals surface area contributed by atoms with Crippen LogP contribution in [0, 0.1) is 11.6 Å². The molecule has 1 fully saturated rings. The van der Waals surface area contributed by atoms with Crippen molar-refractivity contribution in [1.82, 2.24) is 5.32 Å². The molecular weight excluding hydrogens is 356 g/mol. The lowest BCUT2D eigenvalue weighted by atomic mass is 10.1. The van der Waals surface area contributed by atoms with Crippen LogP contribution >= 0.6 is 0 Å². The van der Waals surface area contributed by atoms with Crippen LogP contribution in [0.3, 0.4) is 0 Å².